The standard InChI is InChI=1S/C24H23ClN2O5/c1-31-21-13-12-17(25)14-20(21)27-23(29)15-32-24(30)11-5-10-22(28)26-19-9-4-7-16-6-2-3-8-18(16)19/h2-4,6-9,12-14H,5,10-11,15H2,1H3,(H,26,28)(H,27,29). The Balaban J connectivity index is 1.40. The number of fused-ring (bicyclic) bond motifs is 1. The smallest absolute Gasteiger partial charge is 0.306 e. The molecule has 0 atom stereocenters. The highest BCUT2D eigenvalue weighted by atomic mass is 35.5. The summed E-state index contributed by atoms with van der Waals surface area (Å²) < 4.78 is 10.1. The Morgan fingerprint density at radius 1 is 0.875 bits per heavy atom. The van der Waals surface area contributed by atoms with Crippen molar-refractivity contribution < 1.29 is 23.9 Å². The van der Waals surface area contributed by atoms with Crippen LogP contribution < -0.4 is 15.4 Å². The van der Waals surface area contributed by atoms with Crippen molar-refractivity contribution in [3.8, 4) is 5.75 Å². The maximum absolute atomic E-state index is 12.2. The lowest BCUT2D eigenvalue weighted by Gasteiger charge is -2.11. The number of nitrogens with one attached hydrogen (secondary N) is 2. The van der Waals surface area contributed by atoms with Gasteiger partial charge in [0.05, 0.1) is 12.8 Å². The molecule has 7 nitrogen and oxygen atoms in total. The first-order valence-corrected chi connectivity index (χ1v) is 10.4. The molecule has 32 heavy (non-hydrogen) atoms. The second kappa shape index (κ2) is 11.2. The predicted octanol–water partition coefficient (Wildman–Crippen LogP) is 4.79. The number of hydrogen-bond acceptors (Lipinski definition) is 5. The van der Waals surface area contributed by atoms with Crippen LogP contribution in [-0.2, 0) is 19.1 Å². The Hall–Kier alpha value is -3.58. The lowest BCUT2D eigenvalue weighted by Crippen LogP contribution is -2.21. The molecule has 2 amide bonds. The average Bonchev–Trinajstić information content (AvgIpc) is 2.78. The number of carbonyl (C=O) groups is 3. The number of hydrogen-bond donors (Lipinski definition) is 2. The molecule has 0 bridgehead atoms. The van der Waals surface area contributed by atoms with Gasteiger partial charge in [-0.2, -0.15) is 0 Å². The number of esters is 1. The summed E-state index contributed by atoms with van der Waals surface area (Å²) >= 11 is 5.92. The molecule has 3 aromatic carbocycles. The van der Waals surface area contributed by atoms with Crippen molar-refractivity contribution in [3.05, 3.63) is 65.7 Å². The first kappa shape index (κ1) is 23.1. The number of anilines is 2. The van der Waals surface area contributed by atoms with Gasteiger partial charge < -0.3 is 20.1 Å². The van der Waals surface area contributed by atoms with Crippen molar-refractivity contribution in [2.75, 3.05) is 24.4 Å². The van der Waals surface area contributed by atoms with Crippen LogP contribution in [0.4, 0.5) is 11.4 Å². The number of amides is 2. The SMILES string of the molecule is COc1ccc(Cl)cc1NC(=O)COC(=O)CCCC(=O)Nc1cccc2ccccc12. The zero-order valence-corrected chi connectivity index (χ0v) is 18.3. The van der Waals surface area contributed by atoms with Gasteiger partial charge in [0.1, 0.15) is 5.75 Å². The molecule has 0 aromatic heterocycles. The van der Waals surface area contributed by atoms with Gasteiger partial charge in [-0.25, -0.2) is 0 Å². The van der Waals surface area contributed by atoms with E-state index in [9.17, 15) is 14.4 Å². The zero-order valence-electron chi connectivity index (χ0n) is 17.5. The summed E-state index contributed by atoms with van der Waals surface area (Å²) in [6.45, 7) is -0.448. The van der Waals surface area contributed by atoms with Crippen molar-refractivity contribution in [1.82, 2.24) is 0 Å². The number of rotatable bonds is 9. The molecule has 0 saturated heterocycles. The monoisotopic (exact) mass is 454 g/mol. The van der Waals surface area contributed by atoms with Crippen LogP contribution in [0.3, 0.4) is 0 Å². The average molecular weight is 455 g/mol. The molecule has 3 rings (SSSR count). The third-order valence-corrected chi connectivity index (χ3v) is 4.88. The van der Waals surface area contributed by atoms with Crippen LogP contribution in [0.1, 0.15) is 19.3 Å². The summed E-state index contributed by atoms with van der Waals surface area (Å²) in [7, 11) is 1.47. The van der Waals surface area contributed by atoms with E-state index in [4.69, 9.17) is 21.1 Å². The van der Waals surface area contributed by atoms with E-state index in [2.05, 4.69) is 10.6 Å². The molecule has 0 aliphatic rings. The van der Waals surface area contributed by atoms with Crippen LogP contribution in [0.15, 0.2) is 60.7 Å². The third kappa shape index (κ3) is 6.46. The van der Waals surface area contributed by atoms with E-state index in [-0.39, 0.29) is 18.7 Å². The summed E-state index contributed by atoms with van der Waals surface area (Å²) in [5.41, 5.74) is 1.11. The molecule has 3 aromatic rings. The fourth-order valence-corrected chi connectivity index (χ4v) is 3.29. The molecule has 0 fully saturated rings. The molecular weight excluding hydrogens is 432 g/mol. The van der Waals surface area contributed by atoms with Crippen LogP contribution in [0.2, 0.25) is 5.02 Å². The summed E-state index contributed by atoms with van der Waals surface area (Å²) in [5, 5.41) is 7.87. The van der Waals surface area contributed by atoms with E-state index < -0.39 is 18.5 Å². The van der Waals surface area contributed by atoms with Crippen LogP contribution in [0, 0.1) is 0 Å². The van der Waals surface area contributed by atoms with Crippen molar-refractivity contribution in [2.45, 2.75) is 19.3 Å². The molecule has 166 valence electrons. The maximum Gasteiger partial charge on any atom is 0.306 e. The van der Waals surface area contributed by atoms with Gasteiger partial charge in [-0.1, -0.05) is 48.0 Å². The summed E-state index contributed by atoms with van der Waals surface area (Å²) in [5.74, 6) is -0.838. The third-order valence-electron chi connectivity index (χ3n) is 4.65. The minimum atomic E-state index is -0.559. The van der Waals surface area contributed by atoms with Crippen molar-refractivity contribution in [2.24, 2.45) is 0 Å². The lowest BCUT2D eigenvalue weighted by atomic mass is 10.1. The molecule has 0 spiro atoms. The molecule has 8 heteroatoms. The Morgan fingerprint density at radius 3 is 2.44 bits per heavy atom. The largest absolute Gasteiger partial charge is 0.495 e. The van der Waals surface area contributed by atoms with E-state index >= 15 is 0 Å². The van der Waals surface area contributed by atoms with Gasteiger partial charge in [-0.15, -0.1) is 0 Å². The van der Waals surface area contributed by atoms with Gasteiger partial charge in [0, 0.05) is 28.9 Å². The van der Waals surface area contributed by atoms with Gasteiger partial charge in [-0.3, -0.25) is 14.4 Å². The number of carbonyl (C=O) groups excluding carboxylic acids is 3. The topological polar surface area (TPSA) is 93.7 Å². The molecule has 0 aliphatic heterocycles. The van der Waals surface area contributed by atoms with Crippen LogP contribution in [-0.4, -0.2) is 31.5 Å². The zero-order chi connectivity index (χ0) is 22.9. The van der Waals surface area contributed by atoms with Crippen LogP contribution in [0.25, 0.3) is 10.8 Å². The van der Waals surface area contributed by atoms with Gasteiger partial charge in [0.25, 0.3) is 5.91 Å². The van der Waals surface area contributed by atoms with E-state index in [1.54, 1.807) is 12.1 Å². The van der Waals surface area contributed by atoms with E-state index in [1.165, 1.54) is 13.2 Å². The van der Waals surface area contributed by atoms with Crippen molar-refractivity contribution >= 4 is 51.5 Å². The fourth-order valence-electron chi connectivity index (χ4n) is 3.12. The quantitative estimate of drug-likeness (QED) is 0.453. The predicted molar refractivity (Wildman–Crippen MR) is 124 cm³/mol. The summed E-state index contributed by atoms with van der Waals surface area (Å²) in [6.07, 6.45) is 0.486. The molecular formula is C24H23ClN2O5. The van der Waals surface area contributed by atoms with Gasteiger partial charge in [-0.05, 0) is 36.1 Å². The van der Waals surface area contributed by atoms with Gasteiger partial charge in [0.2, 0.25) is 5.91 Å². The van der Waals surface area contributed by atoms with E-state index in [0.29, 0.717) is 22.9 Å². The Bertz CT molecular complexity index is 1130. The Morgan fingerprint density at radius 2 is 1.62 bits per heavy atom. The molecule has 0 heterocycles. The number of ether oxygens (including phenoxy) is 2. The van der Waals surface area contributed by atoms with Gasteiger partial charge >= 0.3 is 5.97 Å². The first-order chi connectivity index (χ1) is 15.5. The lowest BCUT2D eigenvalue weighted by molar-refractivity contribution is -0.147. The van der Waals surface area contributed by atoms with Crippen molar-refractivity contribution in [3.63, 3.8) is 0 Å². The van der Waals surface area contributed by atoms with E-state index in [0.717, 1.165) is 16.5 Å². The number of halogens is 1. The molecule has 2 N–H and O–H groups in total. The molecule has 0 radical (unpaired) electrons. The first-order valence-electron chi connectivity index (χ1n) is 10.0. The van der Waals surface area contributed by atoms with Crippen LogP contribution >= 0.6 is 11.6 Å². The molecule has 0 saturated carbocycles. The summed E-state index contributed by atoms with van der Waals surface area (Å²) in [6, 6.07) is 18.2. The Kier molecular flexibility index (Phi) is 8.05. The number of benzene rings is 3. The van der Waals surface area contributed by atoms with Crippen molar-refractivity contribution in [1.29, 1.82) is 0 Å². The highest BCUT2D eigenvalue weighted by molar-refractivity contribution is 6.31. The second-order valence-electron chi connectivity index (χ2n) is 6.98. The molecule has 0 unspecified atom stereocenters. The minimum Gasteiger partial charge on any atom is -0.495 e. The van der Waals surface area contributed by atoms with Crippen LogP contribution in [0.5, 0.6) is 5.75 Å². The number of methoxy groups -OCH3 is 1. The molecule has 0 aliphatic carbocycles. The van der Waals surface area contributed by atoms with E-state index in [1.807, 2.05) is 42.5 Å². The normalized spacial score (nSPS) is 10.4. The Labute approximate surface area is 190 Å². The fraction of sp³-hybridized carbons (Fsp3) is 0.208. The minimum absolute atomic E-state index is 0.0245. The van der Waals surface area contributed by atoms with Gasteiger partial charge in [0.15, 0.2) is 6.61 Å². The highest BCUT2D eigenvalue weighted by Crippen LogP contribution is 2.27. The highest BCUT2D eigenvalue weighted by Gasteiger charge is 2.12. The maximum atomic E-state index is 12.2. The summed E-state index contributed by atoms with van der Waals surface area (Å²) in [4.78, 5) is 36.2. The second-order valence-corrected chi connectivity index (χ2v) is 7.42.